The topological polar surface area (TPSA) is 132 Å². The van der Waals surface area contributed by atoms with E-state index in [2.05, 4.69) is 26.2 Å². The number of hydrogen-bond donors (Lipinski definition) is 4. The van der Waals surface area contributed by atoms with E-state index in [0.717, 1.165) is 6.07 Å². The normalized spacial score (nSPS) is 10.1. The first-order chi connectivity index (χ1) is 9.86. The number of H-pyrrole nitrogens is 2. The van der Waals surface area contributed by atoms with Crippen LogP contribution in [0.4, 0.5) is 5.69 Å². The molecular formula is C12H8BrN3O5. The summed E-state index contributed by atoms with van der Waals surface area (Å²) in [6.07, 6.45) is 0. The number of aromatic nitrogens is 2. The van der Waals surface area contributed by atoms with Crippen LogP contribution in [0, 0.1) is 0 Å². The second kappa shape index (κ2) is 5.75. The van der Waals surface area contributed by atoms with Gasteiger partial charge in [-0.15, -0.1) is 0 Å². The highest BCUT2D eigenvalue weighted by Gasteiger charge is 2.15. The second-order valence-corrected chi connectivity index (χ2v) is 4.87. The lowest BCUT2D eigenvalue weighted by molar-refractivity contribution is 0.0698. The van der Waals surface area contributed by atoms with E-state index < -0.39 is 23.1 Å². The molecule has 0 aliphatic rings. The van der Waals surface area contributed by atoms with E-state index in [9.17, 15) is 19.2 Å². The number of halogens is 1. The molecule has 108 valence electrons. The van der Waals surface area contributed by atoms with Crippen LogP contribution in [0.5, 0.6) is 0 Å². The first-order valence-electron chi connectivity index (χ1n) is 5.54. The van der Waals surface area contributed by atoms with Crippen LogP contribution in [0.1, 0.15) is 20.8 Å². The molecule has 0 spiro atoms. The molecule has 1 amide bonds. The monoisotopic (exact) mass is 353 g/mol. The minimum absolute atomic E-state index is 0.0387. The molecule has 0 fully saturated rings. The van der Waals surface area contributed by atoms with Gasteiger partial charge in [-0.25, -0.2) is 9.59 Å². The van der Waals surface area contributed by atoms with Gasteiger partial charge in [-0.3, -0.25) is 14.6 Å². The minimum Gasteiger partial charge on any atom is -0.478 e. The van der Waals surface area contributed by atoms with Crippen LogP contribution in [0.25, 0.3) is 0 Å². The van der Waals surface area contributed by atoms with Crippen molar-refractivity contribution in [2.45, 2.75) is 0 Å². The molecule has 0 unspecified atom stereocenters. The Bertz CT molecular complexity index is 811. The summed E-state index contributed by atoms with van der Waals surface area (Å²) in [6, 6.07) is 5.15. The molecule has 0 saturated heterocycles. The number of carbonyl (C=O) groups excluding carboxylic acids is 1. The molecule has 1 aromatic heterocycles. The Hall–Kier alpha value is -2.68. The Kier molecular flexibility index (Phi) is 4.03. The first-order valence-corrected chi connectivity index (χ1v) is 6.34. The van der Waals surface area contributed by atoms with Crippen LogP contribution in [-0.4, -0.2) is 27.0 Å². The molecule has 0 bridgehead atoms. The summed E-state index contributed by atoms with van der Waals surface area (Å²) in [5.74, 6) is -2.03. The Morgan fingerprint density at radius 1 is 1.14 bits per heavy atom. The maximum Gasteiger partial charge on any atom is 0.337 e. The smallest absolute Gasteiger partial charge is 0.337 e. The highest BCUT2D eigenvalue weighted by Crippen LogP contribution is 2.21. The lowest BCUT2D eigenvalue weighted by Gasteiger charge is -2.08. The van der Waals surface area contributed by atoms with E-state index in [1.54, 1.807) is 6.07 Å². The number of amides is 1. The number of carboxylic acids is 1. The lowest BCUT2D eigenvalue weighted by atomic mass is 10.1. The van der Waals surface area contributed by atoms with Crippen molar-refractivity contribution in [1.82, 2.24) is 9.97 Å². The molecule has 0 saturated carbocycles. The number of carbonyl (C=O) groups is 2. The molecule has 4 N–H and O–H groups in total. The van der Waals surface area contributed by atoms with Gasteiger partial charge in [-0.1, -0.05) is 15.9 Å². The van der Waals surface area contributed by atoms with Crippen molar-refractivity contribution in [3.8, 4) is 0 Å². The highest BCUT2D eigenvalue weighted by molar-refractivity contribution is 9.10. The van der Waals surface area contributed by atoms with Gasteiger partial charge in [-0.2, -0.15) is 0 Å². The van der Waals surface area contributed by atoms with Gasteiger partial charge < -0.3 is 15.4 Å². The number of anilines is 1. The summed E-state index contributed by atoms with van der Waals surface area (Å²) >= 11 is 3.13. The van der Waals surface area contributed by atoms with Crippen LogP contribution >= 0.6 is 15.9 Å². The van der Waals surface area contributed by atoms with Crippen LogP contribution in [0.3, 0.4) is 0 Å². The standard InChI is InChI=1S/C12H8BrN3O5/c13-5-1-2-7(6(3-5)11(19)20)14-10(18)8-4-9(17)16-12(21)15-8/h1-4H,(H,14,18)(H,19,20)(H2,15,16,17,21). The first kappa shape index (κ1) is 14.7. The summed E-state index contributed by atoms with van der Waals surface area (Å²) < 4.78 is 0.530. The summed E-state index contributed by atoms with van der Waals surface area (Å²) in [4.78, 5) is 49.4. The third-order valence-electron chi connectivity index (χ3n) is 2.47. The number of rotatable bonds is 3. The van der Waals surface area contributed by atoms with Crippen molar-refractivity contribution in [3.63, 3.8) is 0 Å². The number of aromatic amines is 2. The van der Waals surface area contributed by atoms with Crippen molar-refractivity contribution in [1.29, 1.82) is 0 Å². The van der Waals surface area contributed by atoms with Crippen molar-refractivity contribution >= 4 is 33.5 Å². The average Bonchev–Trinajstić information content (AvgIpc) is 2.39. The summed E-state index contributed by atoms with van der Waals surface area (Å²) in [7, 11) is 0. The molecule has 1 aromatic carbocycles. The maximum absolute atomic E-state index is 11.9. The fourth-order valence-corrected chi connectivity index (χ4v) is 1.94. The molecule has 0 aliphatic heterocycles. The van der Waals surface area contributed by atoms with Crippen LogP contribution in [0.15, 0.2) is 38.3 Å². The number of benzene rings is 1. The lowest BCUT2D eigenvalue weighted by Crippen LogP contribution is -2.27. The number of carboxylic acid groups (broad SMARTS) is 1. The molecule has 0 aliphatic carbocycles. The third kappa shape index (κ3) is 3.45. The van der Waals surface area contributed by atoms with Gasteiger partial charge in [0.25, 0.3) is 11.5 Å². The third-order valence-corrected chi connectivity index (χ3v) is 2.96. The summed E-state index contributed by atoms with van der Waals surface area (Å²) in [6.45, 7) is 0. The quantitative estimate of drug-likeness (QED) is 0.647. The van der Waals surface area contributed by atoms with Crippen molar-refractivity contribution in [2.75, 3.05) is 5.32 Å². The molecule has 0 atom stereocenters. The van der Waals surface area contributed by atoms with Crippen molar-refractivity contribution in [3.05, 3.63) is 60.8 Å². The SMILES string of the molecule is O=C(Nc1ccc(Br)cc1C(=O)O)c1cc(=O)[nH]c(=O)[nH]1. The van der Waals surface area contributed by atoms with E-state index in [1.807, 2.05) is 4.98 Å². The van der Waals surface area contributed by atoms with Gasteiger partial charge in [0.2, 0.25) is 0 Å². The predicted molar refractivity (Wildman–Crippen MR) is 76.7 cm³/mol. The van der Waals surface area contributed by atoms with Gasteiger partial charge in [0.1, 0.15) is 5.69 Å². The Morgan fingerprint density at radius 3 is 2.48 bits per heavy atom. The van der Waals surface area contributed by atoms with E-state index >= 15 is 0 Å². The van der Waals surface area contributed by atoms with Crippen LogP contribution in [0.2, 0.25) is 0 Å². The minimum atomic E-state index is -1.23. The fraction of sp³-hybridized carbons (Fsp3) is 0. The Balaban J connectivity index is 2.38. The molecule has 2 rings (SSSR count). The average molecular weight is 354 g/mol. The Labute approximate surface area is 125 Å². The molecule has 2 aromatic rings. The predicted octanol–water partition coefficient (Wildman–Crippen LogP) is 0.776. The fourth-order valence-electron chi connectivity index (χ4n) is 1.58. The van der Waals surface area contributed by atoms with Crippen LogP contribution in [-0.2, 0) is 0 Å². The summed E-state index contributed by atoms with van der Waals surface area (Å²) in [5.41, 5.74) is -1.94. The maximum atomic E-state index is 11.9. The van der Waals surface area contributed by atoms with E-state index in [-0.39, 0.29) is 16.9 Å². The largest absolute Gasteiger partial charge is 0.478 e. The zero-order valence-corrected chi connectivity index (χ0v) is 11.9. The van der Waals surface area contributed by atoms with E-state index in [4.69, 9.17) is 5.11 Å². The number of aromatic carboxylic acids is 1. The van der Waals surface area contributed by atoms with Gasteiger partial charge in [-0.05, 0) is 18.2 Å². The van der Waals surface area contributed by atoms with Gasteiger partial charge in [0, 0.05) is 10.5 Å². The van der Waals surface area contributed by atoms with Crippen molar-refractivity contribution < 1.29 is 14.7 Å². The number of nitrogens with one attached hydrogen (secondary N) is 3. The molecule has 0 radical (unpaired) electrons. The summed E-state index contributed by atoms with van der Waals surface area (Å²) in [5, 5.41) is 11.4. The molecule has 9 heteroatoms. The zero-order valence-electron chi connectivity index (χ0n) is 10.3. The van der Waals surface area contributed by atoms with Crippen molar-refractivity contribution in [2.24, 2.45) is 0 Å². The Morgan fingerprint density at radius 2 is 1.86 bits per heavy atom. The zero-order chi connectivity index (χ0) is 15.6. The van der Waals surface area contributed by atoms with Crippen LogP contribution < -0.4 is 16.6 Å². The molecule has 21 heavy (non-hydrogen) atoms. The van der Waals surface area contributed by atoms with Gasteiger partial charge >= 0.3 is 11.7 Å². The van der Waals surface area contributed by atoms with Gasteiger partial charge in [0.15, 0.2) is 0 Å². The molecule has 1 heterocycles. The molecule has 8 nitrogen and oxygen atoms in total. The van der Waals surface area contributed by atoms with Gasteiger partial charge in [0.05, 0.1) is 11.3 Å². The van der Waals surface area contributed by atoms with E-state index in [1.165, 1.54) is 12.1 Å². The van der Waals surface area contributed by atoms with E-state index in [0.29, 0.717) is 4.47 Å². The highest BCUT2D eigenvalue weighted by atomic mass is 79.9. The number of hydrogen-bond acceptors (Lipinski definition) is 4. The molecular weight excluding hydrogens is 346 g/mol. The second-order valence-electron chi connectivity index (χ2n) is 3.95.